The van der Waals surface area contributed by atoms with Crippen molar-refractivity contribution >= 4 is 11.9 Å². The molecular weight excluding hydrogens is 179 g/mol. The molecule has 0 aromatic carbocycles. The Morgan fingerprint density at radius 3 is 2.42 bits per heavy atom. The van der Waals surface area contributed by atoms with Gasteiger partial charge in [-0.1, -0.05) is 0 Å². The quantitative estimate of drug-likeness (QED) is 0.109. The summed E-state index contributed by atoms with van der Waals surface area (Å²) in [6.07, 6.45) is 0. The number of carbonyl (C=O) groups is 2. The first-order chi connectivity index (χ1) is 5.18. The number of rotatable bonds is 4. The normalized spacial score (nSPS) is 8.42. The molecule has 0 bridgehead atoms. The van der Waals surface area contributed by atoms with Crippen molar-refractivity contribution in [1.82, 2.24) is 0 Å². The predicted molar refractivity (Wildman–Crippen MR) is 28.7 cm³/mol. The molecule has 0 N–H and O–H groups in total. The summed E-state index contributed by atoms with van der Waals surface area (Å²) < 4.78 is 4.55. The second kappa shape index (κ2) is 8.95. The van der Waals surface area contributed by atoms with Crippen molar-refractivity contribution in [2.24, 2.45) is 0 Å². The summed E-state index contributed by atoms with van der Waals surface area (Å²) in [4.78, 5) is 27.4. The van der Waals surface area contributed by atoms with E-state index in [9.17, 15) is 14.7 Å². The average molecular weight is 186 g/mol. The minimum atomic E-state index is -1.96. The van der Waals surface area contributed by atoms with Crippen molar-refractivity contribution in [2.45, 2.75) is 6.92 Å². The first kappa shape index (κ1) is 14.4. The zero-order valence-corrected chi connectivity index (χ0v) is 8.86. The summed E-state index contributed by atoms with van der Waals surface area (Å²) >= 11 is 0. The van der Waals surface area contributed by atoms with E-state index in [4.69, 9.17) is 0 Å². The molecule has 0 atom stereocenters. The molecule has 0 aromatic rings. The van der Waals surface area contributed by atoms with Crippen molar-refractivity contribution in [2.75, 3.05) is 13.4 Å². The molecule has 64 valence electrons. The van der Waals surface area contributed by atoms with Crippen LogP contribution in [0.5, 0.6) is 0 Å². The van der Waals surface area contributed by atoms with E-state index in [-0.39, 0.29) is 36.4 Å². The Morgan fingerprint density at radius 1 is 1.42 bits per heavy atom. The average Bonchev–Trinajstić information content (AvgIpc) is 1.97. The first-order valence-electron chi connectivity index (χ1n) is 2.81. The van der Waals surface area contributed by atoms with Crippen molar-refractivity contribution in [3.8, 4) is 0 Å². The van der Waals surface area contributed by atoms with Crippen molar-refractivity contribution in [1.29, 1.82) is 0 Å². The Bertz CT molecular complexity index is 147. The Balaban J connectivity index is 0. The van der Waals surface area contributed by atoms with Crippen molar-refractivity contribution in [3.63, 3.8) is 0 Å². The summed E-state index contributed by atoms with van der Waals surface area (Å²) in [5, 5.41) is 9.66. The fraction of sp³-hybridized carbons (Fsp3) is 0.600. The van der Waals surface area contributed by atoms with E-state index in [2.05, 4.69) is 14.5 Å². The molecule has 0 radical (unpaired) electrons. The van der Waals surface area contributed by atoms with E-state index in [1.165, 1.54) is 0 Å². The van der Waals surface area contributed by atoms with Crippen LogP contribution in [-0.2, 0) is 24.1 Å². The molecule has 0 aliphatic rings. The molecule has 6 nitrogen and oxygen atoms in total. The summed E-state index contributed by atoms with van der Waals surface area (Å²) in [7, 11) is 0. The molecule has 0 unspecified atom stereocenters. The van der Waals surface area contributed by atoms with E-state index in [1.807, 2.05) is 0 Å². The molecule has 0 rings (SSSR count). The number of aliphatic carboxylic acids is 1. The van der Waals surface area contributed by atoms with Gasteiger partial charge in [-0.25, -0.2) is 4.79 Å². The number of carboxylic acids is 1. The van der Waals surface area contributed by atoms with Gasteiger partial charge < -0.3 is 14.6 Å². The van der Waals surface area contributed by atoms with Crippen LogP contribution in [0, 0.1) is 0 Å². The maximum atomic E-state index is 10.0. The van der Waals surface area contributed by atoms with Crippen LogP contribution in [0.25, 0.3) is 0 Å². The van der Waals surface area contributed by atoms with Crippen LogP contribution in [0.2, 0.25) is 0 Å². The van der Waals surface area contributed by atoms with E-state index in [0.29, 0.717) is 6.61 Å². The monoisotopic (exact) mass is 186 g/mol. The van der Waals surface area contributed by atoms with Gasteiger partial charge in [-0.15, -0.1) is 0 Å². The summed E-state index contributed by atoms with van der Waals surface area (Å²) in [5.74, 6) is -3.54. The van der Waals surface area contributed by atoms with Crippen molar-refractivity contribution in [3.05, 3.63) is 0 Å². The van der Waals surface area contributed by atoms with Crippen LogP contribution in [0.4, 0.5) is 0 Å². The molecule has 0 amide bonds. The summed E-state index contributed by atoms with van der Waals surface area (Å²) in [6.45, 7) is 1.78. The van der Waals surface area contributed by atoms with Gasteiger partial charge in [0.15, 0.2) is 12.8 Å². The van der Waals surface area contributed by atoms with Gasteiger partial charge in [-0.2, -0.15) is 4.89 Å². The maximum absolute atomic E-state index is 10.0. The van der Waals surface area contributed by atoms with Gasteiger partial charge in [0.25, 0.3) is 0 Å². The predicted octanol–water partition coefficient (Wildman–Crippen LogP) is -4.79. The molecule has 0 saturated heterocycles. The van der Waals surface area contributed by atoms with E-state index in [1.54, 1.807) is 6.92 Å². The second-order valence-electron chi connectivity index (χ2n) is 1.39. The fourth-order valence-electron chi connectivity index (χ4n) is 0.229. The number of carbonyl (C=O) groups excluding carboxylic acids is 2. The Morgan fingerprint density at radius 2 is 2.00 bits per heavy atom. The Kier molecular flexibility index (Phi) is 10.7. The van der Waals surface area contributed by atoms with Crippen LogP contribution < -0.4 is 34.7 Å². The zero-order chi connectivity index (χ0) is 8.69. The minimum absolute atomic E-state index is 0. The van der Waals surface area contributed by atoms with Crippen LogP contribution in [0.3, 0.4) is 0 Å². The number of carboxylic acid groups (broad SMARTS) is 1. The summed E-state index contributed by atoms with van der Waals surface area (Å²) in [5.41, 5.74) is 0. The molecule has 12 heavy (non-hydrogen) atoms. The van der Waals surface area contributed by atoms with Crippen molar-refractivity contribution < 1.29 is 58.8 Å². The number of hydrogen-bond acceptors (Lipinski definition) is 6. The molecule has 0 saturated carbocycles. The molecular formula is C5H7NaO6. The van der Waals surface area contributed by atoms with Gasteiger partial charge in [-0.3, -0.25) is 4.89 Å². The molecule has 0 heterocycles. The van der Waals surface area contributed by atoms with Gasteiger partial charge in [0.1, 0.15) is 0 Å². The first-order valence-corrected chi connectivity index (χ1v) is 2.81. The van der Waals surface area contributed by atoms with Crippen LogP contribution >= 0.6 is 0 Å². The van der Waals surface area contributed by atoms with Gasteiger partial charge in [0, 0.05) is 6.61 Å². The third-order valence-corrected chi connectivity index (χ3v) is 0.637. The number of hydrogen-bond donors (Lipinski definition) is 0. The minimum Gasteiger partial charge on any atom is -0.539 e. The summed E-state index contributed by atoms with van der Waals surface area (Å²) in [6, 6.07) is 0. The maximum Gasteiger partial charge on any atom is 1.00 e. The second-order valence-corrected chi connectivity index (χ2v) is 1.39. The van der Waals surface area contributed by atoms with Gasteiger partial charge >= 0.3 is 35.5 Å². The topological polar surface area (TPSA) is 84.9 Å². The van der Waals surface area contributed by atoms with Crippen LogP contribution in [0.1, 0.15) is 6.92 Å². The van der Waals surface area contributed by atoms with Gasteiger partial charge in [-0.05, 0) is 6.92 Å². The molecule has 0 aliphatic heterocycles. The molecule has 0 aromatic heterocycles. The van der Waals surface area contributed by atoms with E-state index < -0.39 is 11.9 Å². The third kappa shape index (κ3) is 7.96. The van der Waals surface area contributed by atoms with Crippen LogP contribution in [-0.4, -0.2) is 25.3 Å². The van der Waals surface area contributed by atoms with Gasteiger partial charge in [0.2, 0.25) is 0 Å². The Hall–Kier alpha value is -0.140. The molecule has 7 heteroatoms. The molecule has 0 fully saturated rings. The number of ether oxygens (including phenoxy) is 1. The van der Waals surface area contributed by atoms with Gasteiger partial charge in [0.05, 0.1) is 0 Å². The standard InChI is InChI=1S/C5H8O6.Na/c1-2-9-3-10-11-5(8)4(6)7;/h2-3H2,1H3,(H,6,7);/q;+1/p-1. The van der Waals surface area contributed by atoms with Crippen LogP contribution in [0.15, 0.2) is 0 Å². The largest absolute Gasteiger partial charge is 1.00 e. The van der Waals surface area contributed by atoms with E-state index >= 15 is 0 Å². The Labute approximate surface area is 91.0 Å². The molecule has 0 spiro atoms. The van der Waals surface area contributed by atoms with E-state index in [0.717, 1.165) is 0 Å². The smallest absolute Gasteiger partial charge is 0.539 e. The fourth-order valence-corrected chi connectivity index (χ4v) is 0.229. The SMILES string of the molecule is CCOCOOC(=O)C(=O)[O-].[Na+]. The third-order valence-electron chi connectivity index (χ3n) is 0.637. The molecule has 0 aliphatic carbocycles. The zero-order valence-electron chi connectivity index (χ0n) is 6.86.